The van der Waals surface area contributed by atoms with Gasteiger partial charge in [0, 0.05) is 44.3 Å². The summed E-state index contributed by atoms with van der Waals surface area (Å²) >= 11 is 0. The molecule has 1 aliphatic carbocycles. The quantitative estimate of drug-likeness (QED) is 0.838. The number of hydrogen-bond acceptors (Lipinski definition) is 4. The summed E-state index contributed by atoms with van der Waals surface area (Å²) in [5.41, 5.74) is 1.83. The van der Waals surface area contributed by atoms with Crippen LogP contribution >= 0.6 is 0 Å². The molecule has 20 heavy (non-hydrogen) atoms. The Bertz CT molecular complexity index is 511. The molecule has 1 aliphatic heterocycles. The van der Waals surface area contributed by atoms with E-state index in [0.717, 1.165) is 31.4 Å². The lowest BCUT2D eigenvalue weighted by Gasteiger charge is -2.35. The van der Waals surface area contributed by atoms with Crippen LogP contribution in [0.15, 0.2) is 18.2 Å². The van der Waals surface area contributed by atoms with Crippen molar-refractivity contribution in [3.05, 3.63) is 29.3 Å². The van der Waals surface area contributed by atoms with Crippen LogP contribution in [0.1, 0.15) is 24.0 Å². The lowest BCUT2D eigenvalue weighted by atomic mass is 10.1. The zero-order valence-electron chi connectivity index (χ0n) is 12.0. The highest BCUT2D eigenvalue weighted by Gasteiger charge is 2.31. The maximum absolute atomic E-state index is 8.94. The van der Waals surface area contributed by atoms with Crippen LogP contribution in [0.2, 0.25) is 0 Å². The summed E-state index contributed by atoms with van der Waals surface area (Å²) in [5.74, 6) is 0.827. The minimum Gasteiger partial charge on any atom is -0.496 e. The third-order valence-electron chi connectivity index (χ3n) is 4.28. The summed E-state index contributed by atoms with van der Waals surface area (Å²) in [6.45, 7) is 5.53. The third-order valence-corrected chi connectivity index (χ3v) is 4.28. The molecule has 1 heterocycles. The molecule has 4 nitrogen and oxygen atoms in total. The van der Waals surface area contributed by atoms with Crippen molar-refractivity contribution < 1.29 is 4.74 Å². The summed E-state index contributed by atoms with van der Waals surface area (Å²) in [6, 6.07) is 8.75. The van der Waals surface area contributed by atoms with Gasteiger partial charge in [-0.1, -0.05) is 6.07 Å². The normalized spacial score (nSPS) is 20.6. The highest BCUT2D eigenvalue weighted by Crippen LogP contribution is 2.28. The van der Waals surface area contributed by atoms with Gasteiger partial charge in [-0.05, 0) is 25.0 Å². The van der Waals surface area contributed by atoms with Crippen LogP contribution in [0, 0.1) is 11.3 Å². The number of hydrogen-bond donors (Lipinski definition) is 0. The topological polar surface area (TPSA) is 39.5 Å². The SMILES string of the molecule is COc1cc(C#N)ccc1CN1CCN(C2CC2)CC1. The van der Waals surface area contributed by atoms with Crippen molar-refractivity contribution in [2.75, 3.05) is 33.3 Å². The molecule has 106 valence electrons. The van der Waals surface area contributed by atoms with Crippen LogP contribution in [0.5, 0.6) is 5.75 Å². The molecule has 0 radical (unpaired) electrons. The van der Waals surface area contributed by atoms with Crippen molar-refractivity contribution in [3.63, 3.8) is 0 Å². The lowest BCUT2D eigenvalue weighted by molar-refractivity contribution is 0.121. The van der Waals surface area contributed by atoms with Gasteiger partial charge in [-0.2, -0.15) is 5.26 Å². The monoisotopic (exact) mass is 271 g/mol. The number of piperazine rings is 1. The summed E-state index contributed by atoms with van der Waals surface area (Å²) in [7, 11) is 1.67. The number of benzene rings is 1. The molecular formula is C16H21N3O. The standard InChI is InChI=1S/C16H21N3O/c1-20-16-10-13(11-17)2-3-14(16)12-18-6-8-19(9-7-18)15-4-5-15/h2-3,10,15H,4-9,12H2,1H3. The first-order valence-electron chi connectivity index (χ1n) is 7.33. The van der Waals surface area contributed by atoms with E-state index >= 15 is 0 Å². The van der Waals surface area contributed by atoms with Crippen LogP contribution < -0.4 is 4.74 Å². The van der Waals surface area contributed by atoms with Crippen molar-refractivity contribution in [1.29, 1.82) is 5.26 Å². The first-order chi connectivity index (χ1) is 9.80. The number of rotatable bonds is 4. The van der Waals surface area contributed by atoms with Crippen LogP contribution in [0.3, 0.4) is 0 Å². The van der Waals surface area contributed by atoms with Crippen molar-refractivity contribution in [2.45, 2.75) is 25.4 Å². The average molecular weight is 271 g/mol. The van der Waals surface area contributed by atoms with E-state index in [1.54, 1.807) is 7.11 Å². The zero-order chi connectivity index (χ0) is 13.9. The van der Waals surface area contributed by atoms with E-state index in [-0.39, 0.29) is 0 Å². The predicted molar refractivity (Wildman–Crippen MR) is 77.6 cm³/mol. The molecule has 2 aliphatic rings. The summed E-state index contributed by atoms with van der Waals surface area (Å²) in [4.78, 5) is 5.09. The van der Waals surface area contributed by atoms with Crippen LogP contribution in [-0.2, 0) is 6.54 Å². The average Bonchev–Trinajstić information content (AvgIpc) is 3.33. The first-order valence-corrected chi connectivity index (χ1v) is 7.33. The van der Waals surface area contributed by atoms with Gasteiger partial charge in [0.2, 0.25) is 0 Å². The second kappa shape index (κ2) is 5.82. The molecule has 3 rings (SSSR count). The predicted octanol–water partition coefficient (Wildman–Crippen LogP) is 1.85. The molecular weight excluding hydrogens is 250 g/mol. The maximum Gasteiger partial charge on any atom is 0.124 e. The van der Waals surface area contributed by atoms with Gasteiger partial charge in [0.1, 0.15) is 5.75 Å². The van der Waals surface area contributed by atoms with Gasteiger partial charge in [-0.25, -0.2) is 0 Å². The van der Waals surface area contributed by atoms with E-state index in [2.05, 4.69) is 15.9 Å². The van der Waals surface area contributed by atoms with Crippen molar-refractivity contribution >= 4 is 0 Å². The molecule has 0 spiro atoms. The molecule has 0 bridgehead atoms. The molecule has 0 aromatic heterocycles. The highest BCUT2D eigenvalue weighted by atomic mass is 16.5. The van der Waals surface area contributed by atoms with Crippen LogP contribution in [0.4, 0.5) is 0 Å². The van der Waals surface area contributed by atoms with E-state index < -0.39 is 0 Å². The third kappa shape index (κ3) is 2.95. The molecule has 0 unspecified atom stereocenters. The Balaban J connectivity index is 1.61. The number of methoxy groups -OCH3 is 1. The lowest BCUT2D eigenvalue weighted by Crippen LogP contribution is -2.46. The molecule has 0 atom stereocenters. The molecule has 1 aromatic carbocycles. The van der Waals surface area contributed by atoms with Gasteiger partial charge in [-0.3, -0.25) is 9.80 Å². The molecule has 1 saturated carbocycles. The highest BCUT2D eigenvalue weighted by molar-refractivity contribution is 5.42. The van der Waals surface area contributed by atoms with Crippen molar-refractivity contribution in [3.8, 4) is 11.8 Å². The zero-order valence-corrected chi connectivity index (χ0v) is 12.0. The van der Waals surface area contributed by atoms with E-state index in [1.165, 1.54) is 31.5 Å². The minimum absolute atomic E-state index is 0.657. The molecule has 0 amide bonds. The molecule has 1 saturated heterocycles. The number of nitrogens with zero attached hydrogens (tertiary/aromatic N) is 3. The maximum atomic E-state index is 8.94. The Morgan fingerprint density at radius 3 is 2.60 bits per heavy atom. The van der Waals surface area contributed by atoms with Gasteiger partial charge in [-0.15, -0.1) is 0 Å². The molecule has 1 aromatic rings. The molecule has 0 N–H and O–H groups in total. The summed E-state index contributed by atoms with van der Waals surface area (Å²) < 4.78 is 5.41. The molecule has 2 fully saturated rings. The largest absolute Gasteiger partial charge is 0.496 e. The van der Waals surface area contributed by atoms with Gasteiger partial charge in [0.15, 0.2) is 0 Å². The fourth-order valence-corrected chi connectivity index (χ4v) is 2.91. The minimum atomic E-state index is 0.657. The van der Waals surface area contributed by atoms with Crippen molar-refractivity contribution in [2.24, 2.45) is 0 Å². The Labute approximate surface area is 120 Å². The Hall–Kier alpha value is -1.57. The fourth-order valence-electron chi connectivity index (χ4n) is 2.91. The van der Waals surface area contributed by atoms with Crippen LogP contribution in [-0.4, -0.2) is 49.1 Å². The summed E-state index contributed by atoms with van der Waals surface area (Å²) in [5, 5.41) is 8.94. The van der Waals surface area contributed by atoms with Gasteiger partial charge in [0.25, 0.3) is 0 Å². The molecule has 4 heteroatoms. The number of ether oxygens (including phenoxy) is 1. The number of nitriles is 1. The summed E-state index contributed by atoms with van der Waals surface area (Å²) in [6.07, 6.45) is 2.78. The second-order valence-electron chi connectivity index (χ2n) is 5.68. The Morgan fingerprint density at radius 2 is 2.00 bits per heavy atom. The first kappa shape index (κ1) is 13.4. The van der Waals surface area contributed by atoms with E-state index in [0.29, 0.717) is 5.56 Å². The Kier molecular flexibility index (Phi) is 3.90. The fraction of sp³-hybridized carbons (Fsp3) is 0.562. The van der Waals surface area contributed by atoms with Crippen LogP contribution in [0.25, 0.3) is 0 Å². The Morgan fingerprint density at radius 1 is 1.25 bits per heavy atom. The van der Waals surface area contributed by atoms with E-state index in [9.17, 15) is 0 Å². The smallest absolute Gasteiger partial charge is 0.124 e. The van der Waals surface area contributed by atoms with E-state index in [1.807, 2.05) is 18.2 Å². The van der Waals surface area contributed by atoms with Crippen molar-refractivity contribution in [1.82, 2.24) is 9.80 Å². The second-order valence-corrected chi connectivity index (χ2v) is 5.68. The van der Waals surface area contributed by atoms with E-state index in [4.69, 9.17) is 10.00 Å². The van der Waals surface area contributed by atoms with Gasteiger partial charge >= 0.3 is 0 Å². The van der Waals surface area contributed by atoms with Gasteiger partial charge in [0.05, 0.1) is 18.7 Å². The van der Waals surface area contributed by atoms with Gasteiger partial charge < -0.3 is 4.74 Å².